The number of benzene rings is 1. The van der Waals surface area contributed by atoms with Crippen LogP contribution >= 0.6 is 11.6 Å². The second-order valence-electron chi connectivity index (χ2n) is 5.51. The quantitative estimate of drug-likeness (QED) is 0.874. The molecule has 0 saturated heterocycles. The van der Waals surface area contributed by atoms with E-state index in [4.69, 9.17) is 16.3 Å². The standard InChI is InChI=1S/C17H17ClN4O3/c1-10(19-2)16(24)20-14-8-7-13-17(21-14)25-9-15(23)22(13)12-5-3-11(18)4-6-12/h3-8,10,19H,9H2,1-2H3,(H,20,21,24)/t10-/m0/s1. The molecule has 7 nitrogen and oxygen atoms in total. The number of hydrogen-bond donors (Lipinski definition) is 2. The molecule has 2 N–H and O–H groups in total. The first-order valence-electron chi connectivity index (χ1n) is 7.70. The number of aromatic nitrogens is 1. The van der Waals surface area contributed by atoms with E-state index >= 15 is 0 Å². The summed E-state index contributed by atoms with van der Waals surface area (Å²) in [5, 5.41) is 6.14. The maximum atomic E-state index is 12.3. The number of nitrogens with one attached hydrogen (secondary N) is 2. The van der Waals surface area contributed by atoms with Crippen LogP contribution in [0.3, 0.4) is 0 Å². The summed E-state index contributed by atoms with van der Waals surface area (Å²) in [7, 11) is 1.70. The lowest BCUT2D eigenvalue weighted by atomic mass is 10.2. The van der Waals surface area contributed by atoms with Gasteiger partial charge in [-0.25, -0.2) is 0 Å². The van der Waals surface area contributed by atoms with Gasteiger partial charge in [0, 0.05) is 10.7 Å². The van der Waals surface area contributed by atoms with Crippen LogP contribution in [0.25, 0.3) is 0 Å². The van der Waals surface area contributed by atoms with Crippen LogP contribution in [-0.4, -0.2) is 36.5 Å². The summed E-state index contributed by atoms with van der Waals surface area (Å²) in [6, 6.07) is 9.88. The first kappa shape index (κ1) is 17.2. The molecule has 2 amide bonds. The van der Waals surface area contributed by atoms with Gasteiger partial charge < -0.3 is 15.4 Å². The van der Waals surface area contributed by atoms with Gasteiger partial charge in [-0.1, -0.05) is 11.6 Å². The van der Waals surface area contributed by atoms with E-state index < -0.39 is 0 Å². The van der Waals surface area contributed by atoms with E-state index in [-0.39, 0.29) is 30.3 Å². The van der Waals surface area contributed by atoms with Crippen molar-refractivity contribution in [3.63, 3.8) is 0 Å². The summed E-state index contributed by atoms with van der Waals surface area (Å²) in [6.45, 7) is 1.61. The number of hydrogen-bond acceptors (Lipinski definition) is 5. The Labute approximate surface area is 149 Å². The number of carbonyl (C=O) groups is 2. The molecule has 0 radical (unpaired) electrons. The van der Waals surface area contributed by atoms with E-state index in [9.17, 15) is 9.59 Å². The highest BCUT2D eigenvalue weighted by molar-refractivity contribution is 6.30. The molecule has 1 aliphatic rings. The zero-order chi connectivity index (χ0) is 18.0. The molecular weight excluding hydrogens is 344 g/mol. The number of likely N-dealkylation sites (N-methyl/N-ethyl adjacent to an activating group) is 1. The van der Waals surface area contributed by atoms with Gasteiger partial charge in [-0.2, -0.15) is 4.98 Å². The Morgan fingerprint density at radius 2 is 2.00 bits per heavy atom. The van der Waals surface area contributed by atoms with Gasteiger partial charge in [0.05, 0.1) is 6.04 Å². The molecule has 2 aromatic rings. The van der Waals surface area contributed by atoms with Crippen molar-refractivity contribution in [3.05, 3.63) is 41.4 Å². The van der Waals surface area contributed by atoms with Gasteiger partial charge in [0.15, 0.2) is 6.61 Å². The molecule has 1 atom stereocenters. The molecule has 25 heavy (non-hydrogen) atoms. The molecule has 0 unspecified atom stereocenters. The summed E-state index contributed by atoms with van der Waals surface area (Å²) in [5.41, 5.74) is 1.18. The third-order valence-electron chi connectivity index (χ3n) is 3.83. The number of halogens is 1. The molecule has 8 heteroatoms. The molecule has 0 saturated carbocycles. The lowest BCUT2D eigenvalue weighted by Crippen LogP contribution is -2.37. The lowest BCUT2D eigenvalue weighted by molar-refractivity contribution is -0.120. The molecule has 1 aromatic heterocycles. The number of pyridine rings is 1. The van der Waals surface area contributed by atoms with Crippen LogP contribution in [0.15, 0.2) is 36.4 Å². The van der Waals surface area contributed by atoms with Crippen molar-refractivity contribution in [3.8, 4) is 5.88 Å². The summed E-state index contributed by atoms with van der Waals surface area (Å²) >= 11 is 5.91. The fourth-order valence-electron chi connectivity index (χ4n) is 2.35. The average Bonchev–Trinajstić information content (AvgIpc) is 2.62. The van der Waals surface area contributed by atoms with Gasteiger partial charge in [0.25, 0.3) is 5.91 Å². The predicted octanol–water partition coefficient (Wildman–Crippen LogP) is 2.34. The van der Waals surface area contributed by atoms with Gasteiger partial charge in [0.1, 0.15) is 11.5 Å². The van der Waals surface area contributed by atoms with Crippen molar-refractivity contribution in [1.82, 2.24) is 10.3 Å². The molecule has 0 fully saturated rings. The fraction of sp³-hybridized carbons (Fsp3) is 0.235. The highest BCUT2D eigenvalue weighted by Gasteiger charge is 2.28. The third-order valence-corrected chi connectivity index (χ3v) is 4.08. The third kappa shape index (κ3) is 3.57. The highest BCUT2D eigenvalue weighted by atomic mass is 35.5. The number of fused-ring (bicyclic) bond motifs is 1. The molecule has 1 aromatic carbocycles. The minimum atomic E-state index is -0.356. The van der Waals surface area contributed by atoms with Crippen LogP contribution in [0, 0.1) is 0 Å². The first-order chi connectivity index (χ1) is 12.0. The van der Waals surface area contributed by atoms with Crippen molar-refractivity contribution < 1.29 is 14.3 Å². The largest absolute Gasteiger partial charge is 0.466 e. The Kier molecular flexibility index (Phi) is 4.87. The average molecular weight is 361 g/mol. The Morgan fingerprint density at radius 3 is 2.68 bits per heavy atom. The minimum absolute atomic E-state index is 0.132. The molecule has 1 aliphatic heterocycles. The number of rotatable bonds is 4. The molecule has 0 bridgehead atoms. The Morgan fingerprint density at radius 1 is 1.28 bits per heavy atom. The van der Waals surface area contributed by atoms with Crippen molar-refractivity contribution in [2.24, 2.45) is 0 Å². The molecule has 0 spiro atoms. The maximum absolute atomic E-state index is 12.3. The van der Waals surface area contributed by atoms with Gasteiger partial charge in [-0.15, -0.1) is 0 Å². The molecule has 3 rings (SSSR count). The Bertz CT molecular complexity index is 810. The second-order valence-corrected chi connectivity index (χ2v) is 5.95. The van der Waals surface area contributed by atoms with Gasteiger partial charge >= 0.3 is 0 Å². The molecular formula is C17H17ClN4O3. The van der Waals surface area contributed by atoms with Crippen LogP contribution in [0.2, 0.25) is 5.02 Å². The van der Waals surface area contributed by atoms with Crippen LogP contribution < -0.4 is 20.3 Å². The zero-order valence-electron chi connectivity index (χ0n) is 13.7. The fourth-order valence-corrected chi connectivity index (χ4v) is 2.47. The van der Waals surface area contributed by atoms with Crippen LogP contribution in [0.1, 0.15) is 6.92 Å². The molecule has 130 valence electrons. The first-order valence-corrected chi connectivity index (χ1v) is 8.08. The molecule has 2 heterocycles. The predicted molar refractivity (Wildman–Crippen MR) is 95.5 cm³/mol. The number of amides is 2. The molecule has 0 aliphatic carbocycles. The topological polar surface area (TPSA) is 83.6 Å². The summed E-state index contributed by atoms with van der Waals surface area (Å²) in [4.78, 5) is 30.1. The van der Waals surface area contributed by atoms with E-state index in [1.54, 1.807) is 50.4 Å². The summed E-state index contributed by atoms with van der Waals surface area (Å²) in [6.07, 6.45) is 0. The Hall–Kier alpha value is -2.64. The highest BCUT2D eigenvalue weighted by Crippen LogP contribution is 2.36. The van der Waals surface area contributed by atoms with Crippen molar-refractivity contribution in [2.45, 2.75) is 13.0 Å². The van der Waals surface area contributed by atoms with Crippen molar-refractivity contribution >= 4 is 40.6 Å². The second kappa shape index (κ2) is 7.08. The van der Waals surface area contributed by atoms with Gasteiger partial charge in [0.2, 0.25) is 11.8 Å². The van der Waals surface area contributed by atoms with Crippen LogP contribution in [-0.2, 0) is 9.59 Å². The van der Waals surface area contributed by atoms with E-state index in [0.29, 0.717) is 22.2 Å². The normalized spacial score (nSPS) is 14.5. The van der Waals surface area contributed by atoms with Crippen molar-refractivity contribution in [1.29, 1.82) is 0 Å². The van der Waals surface area contributed by atoms with Gasteiger partial charge in [-0.3, -0.25) is 14.5 Å². The van der Waals surface area contributed by atoms with Crippen LogP contribution in [0.5, 0.6) is 5.88 Å². The van der Waals surface area contributed by atoms with Crippen LogP contribution in [0.4, 0.5) is 17.2 Å². The monoisotopic (exact) mass is 360 g/mol. The number of anilines is 3. The van der Waals surface area contributed by atoms with Gasteiger partial charge in [-0.05, 0) is 50.4 Å². The lowest BCUT2D eigenvalue weighted by Gasteiger charge is -2.28. The summed E-state index contributed by atoms with van der Waals surface area (Å²) in [5.74, 6) is 0.217. The smallest absolute Gasteiger partial charge is 0.269 e. The number of carbonyl (C=O) groups excluding carboxylic acids is 2. The minimum Gasteiger partial charge on any atom is -0.466 e. The SMILES string of the molecule is CN[C@@H](C)C(=O)Nc1ccc2c(n1)OCC(=O)N2c1ccc(Cl)cc1. The zero-order valence-corrected chi connectivity index (χ0v) is 14.5. The van der Waals surface area contributed by atoms with E-state index in [1.165, 1.54) is 4.90 Å². The number of nitrogens with zero attached hydrogens (tertiary/aromatic N) is 2. The van der Waals surface area contributed by atoms with E-state index in [0.717, 1.165) is 0 Å². The maximum Gasteiger partial charge on any atom is 0.269 e. The van der Waals surface area contributed by atoms with Crippen molar-refractivity contribution in [2.75, 3.05) is 23.9 Å². The Balaban J connectivity index is 1.91. The number of ether oxygens (including phenoxy) is 1. The van der Waals surface area contributed by atoms with E-state index in [1.807, 2.05) is 0 Å². The summed E-state index contributed by atoms with van der Waals surface area (Å²) < 4.78 is 5.42. The van der Waals surface area contributed by atoms with E-state index in [2.05, 4.69) is 15.6 Å².